The third-order valence-corrected chi connectivity index (χ3v) is 3.47. The Morgan fingerprint density at radius 2 is 2.14 bits per heavy atom. The number of hydrogen-bond acceptors (Lipinski definition) is 4. The molecule has 1 aromatic heterocycles. The van der Waals surface area contributed by atoms with Gasteiger partial charge in [0.2, 0.25) is 0 Å². The number of carbonyl (C=O) groups is 1. The van der Waals surface area contributed by atoms with Crippen LogP contribution in [-0.4, -0.2) is 26.2 Å². The Labute approximate surface area is 124 Å². The van der Waals surface area contributed by atoms with Crippen molar-refractivity contribution in [2.75, 3.05) is 26.0 Å². The summed E-state index contributed by atoms with van der Waals surface area (Å²) >= 11 is 0. The average molecular weight is 290 g/mol. The summed E-state index contributed by atoms with van der Waals surface area (Å²) < 4.78 is 10.6. The minimum absolute atomic E-state index is 0.0257. The van der Waals surface area contributed by atoms with Crippen molar-refractivity contribution in [2.45, 2.75) is 20.3 Å². The first-order valence-electron chi connectivity index (χ1n) is 6.97. The number of benzene rings is 1. The number of rotatable bonds is 6. The average Bonchev–Trinajstić information content (AvgIpc) is 2.85. The van der Waals surface area contributed by atoms with Crippen molar-refractivity contribution in [1.82, 2.24) is 5.32 Å². The van der Waals surface area contributed by atoms with Crippen LogP contribution in [-0.2, 0) is 4.74 Å². The molecular formula is C16H22N2O3. The number of methoxy groups -OCH3 is 1. The number of nitrogens with one attached hydrogen (secondary N) is 1. The van der Waals surface area contributed by atoms with E-state index in [1.165, 1.54) is 0 Å². The van der Waals surface area contributed by atoms with Gasteiger partial charge in [-0.2, -0.15) is 0 Å². The number of hydrogen-bond donors (Lipinski definition) is 2. The van der Waals surface area contributed by atoms with Crippen molar-refractivity contribution in [3.05, 3.63) is 30.0 Å². The SMILES string of the molecule is COCCC(C)(C)CNC(=O)c1cc2cc(N)ccc2o1. The molecule has 3 N–H and O–H groups in total. The smallest absolute Gasteiger partial charge is 0.287 e. The van der Waals surface area contributed by atoms with Gasteiger partial charge >= 0.3 is 0 Å². The molecule has 2 rings (SSSR count). The molecule has 1 aromatic carbocycles. The van der Waals surface area contributed by atoms with E-state index in [1.54, 1.807) is 31.4 Å². The molecule has 1 heterocycles. The minimum atomic E-state index is -0.213. The Hall–Kier alpha value is -2.01. The standard InChI is InChI=1S/C16H22N2O3/c1-16(2,6-7-20-3)10-18-15(19)14-9-11-8-12(17)4-5-13(11)21-14/h4-5,8-9H,6-7,10,17H2,1-3H3,(H,18,19). The van der Waals surface area contributed by atoms with Crippen LogP contribution >= 0.6 is 0 Å². The second kappa shape index (κ2) is 6.18. The van der Waals surface area contributed by atoms with Gasteiger partial charge in [0, 0.05) is 31.3 Å². The molecule has 0 aliphatic heterocycles. The van der Waals surface area contributed by atoms with Gasteiger partial charge in [0.1, 0.15) is 5.58 Å². The summed E-state index contributed by atoms with van der Waals surface area (Å²) in [4.78, 5) is 12.2. The first kappa shape index (κ1) is 15.4. The molecule has 0 spiro atoms. The quantitative estimate of drug-likeness (QED) is 0.802. The summed E-state index contributed by atoms with van der Waals surface area (Å²) in [5.41, 5.74) is 7.00. The molecule has 5 heteroatoms. The second-order valence-electron chi connectivity index (χ2n) is 6.00. The van der Waals surface area contributed by atoms with Crippen LogP contribution in [0.25, 0.3) is 11.0 Å². The maximum absolute atomic E-state index is 12.2. The summed E-state index contributed by atoms with van der Waals surface area (Å²) in [6.07, 6.45) is 0.875. The summed E-state index contributed by atoms with van der Waals surface area (Å²) in [5, 5.41) is 3.74. The summed E-state index contributed by atoms with van der Waals surface area (Å²) in [6, 6.07) is 7.02. The Morgan fingerprint density at radius 3 is 2.86 bits per heavy atom. The predicted molar refractivity (Wildman–Crippen MR) is 83.2 cm³/mol. The van der Waals surface area contributed by atoms with Crippen molar-refractivity contribution < 1.29 is 13.9 Å². The van der Waals surface area contributed by atoms with E-state index < -0.39 is 0 Å². The van der Waals surface area contributed by atoms with Gasteiger partial charge in [-0.3, -0.25) is 4.79 Å². The highest BCUT2D eigenvalue weighted by Gasteiger charge is 2.20. The van der Waals surface area contributed by atoms with Crippen LogP contribution in [0.5, 0.6) is 0 Å². The second-order valence-corrected chi connectivity index (χ2v) is 6.00. The lowest BCUT2D eigenvalue weighted by molar-refractivity contribution is 0.0896. The normalized spacial score (nSPS) is 11.8. The third kappa shape index (κ3) is 3.98. The fraction of sp³-hybridized carbons (Fsp3) is 0.438. The molecule has 21 heavy (non-hydrogen) atoms. The predicted octanol–water partition coefficient (Wildman–Crippen LogP) is 2.81. The number of nitrogens with two attached hydrogens (primary N) is 1. The molecular weight excluding hydrogens is 268 g/mol. The fourth-order valence-electron chi connectivity index (χ4n) is 2.05. The van der Waals surface area contributed by atoms with Gasteiger partial charge < -0.3 is 20.2 Å². The van der Waals surface area contributed by atoms with E-state index in [-0.39, 0.29) is 11.3 Å². The lowest BCUT2D eigenvalue weighted by atomic mass is 9.90. The van der Waals surface area contributed by atoms with Crippen molar-refractivity contribution >= 4 is 22.6 Å². The highest BCUT2D eigenvalue weighted by molar-refractivity contribution is 5.96. The Morgan fingerprint density at radius 1 is 1.38 bits per heavy atom. The van der Waals surface area contributed by atoms with E-state index in [4.69, 9.17) is 14.9 Å². The van der Waals surface area contributed by atoms with Crippen molar-refractivity contribution in [3.63, 3.8) is 0 Å². The maximum atomic E-state index is 12.2. The number of carbonyl (C=O) groups excluding carboxylic acids is 1. The monoisotopic (exact) mass is 290 g/mol. The maximum Gasteiger partial charge on any atom is 0.287 e. The lowest BCUT2D eigenvalue weighted by Crippen LogP contribution is -2.34. The molecule has 0 radical (unpaired) electrons. The van der Waals surface area contributed by atoms with E-state index in [0.717, 1.165) is 11.8 Å². The number of anilines is 1. The highest BCUT2D eigenvalue weighted by atomic mass is 16.5. The first-order valence-corrected chi connectivity index (χ1v) is 6.97. The van der Waals surface area contributed by atoms with Crippen molar-refractivity contribution in [2.24, 2.45) is 5.41 Å². The largest absolute Gasteiger partial charge is 0.451 e. The summed E-state index contributed by atoms with van der Waals surface area (Å²) in [7, 11) is 1.68. The molecule has 1 amide bonds. The fourth-order valence-corrected chi connectivity index (χ4v) is 2.05. The van der Waals surface area contributed by atoms with Crippen LogP contribution in [0.4, 0.5) is 5.69 Å². The molecule has 0 saturated heterocycles. The zero-order valence-corrected chi connectivity index (χ0v) is 12.7. The van der Waals surface area contributed by atoms with E-state index in [9.17, 15) is 4.79 Å². The first-order chi connectivity index (χ1) is 9.91. The molecule has 5 nitrogen and oxygen atoms in total. The molecule has 0 aliphatic carbocycles. The molecule has 0 unspecified atom stereocenters. The van der Waals surface area contributed by atoms with Gasteiger partial charge in [-0.1, -0.05) is 13.8 Å². The molecule has 0 atom stereocenters. The van der Waals surface area contributed by atoms with Crippen molar-refractivity contribution in [1.29, 1.82) is 0 Å². The highest BCUT2D eigenvalue weighted by Crippen LogP contribution is 2.22. The van der Waals surface area contributed by atoms with Gasteiger partial charge in [-0.05, 0) is 36.1 Å². The zero-order chi connectivity index (χ0) is 15.5. The van der Waals surface area contributed by atoms with Crippen LogP contribution in [0.1, 0.15) is 30.8 Å². The molecule has 0 bridgehead atoms. The molecule has 0 aliphatic rings. The number of amides is 1. The minimum Gasteiger partial charge on any atom is -0.451 e. The molecule has 0 saturated carbocycles. The van der Waals surface area contributed by atoms with Crippen molar-refractivity contribution in [3.8, 4) is 0 Å². The number of ether oxygens (including phenoxy) is 1. The van der Waals surface area contributed by atoms with Gasteiger partial charge in [0.25, 0.3) is 5.91 Å². The van der Waals surface area contributed by atoms with Crippen LogP contribution < -0.4 is 11.1 Å². The van der Waals surface area contributed by atoms with Gasteiger partial charge in [0.05, 0.1) is 0 Å². The topological polar surface area (TPSA) is 77.5 Å². The van der Waals surface area contributed by atoms with Crippen LogP contribution in [0.15, 0.2) is 28.7 Å². The van der Waals surface area contributed by atoms with Gasteiger partial charge in [-0.25, -0.2) is 0 Å². The van der Waals surface area contributed by atoms with E-state index >= 15 is 0 Å². The molecule has 2 aromatic rings. The summed E-state index contributed by atoms with van der Waals surface area (Å²) in [5.74, 6) is 0.0911. The summed E-state index contributed by atoms with van der Waals surface area (Å²) in [6.45, 7) is 5.42. The van der Waals surface area contributed by atoms with Crippen LogP contribution in [0, 0.1) is 5.41 Å². The van der Waals surface area contributed by atoms with Crippen LogP contribution in [0.3, 0.4) is 0 Å². The number of nitrogen functional groups attached to an aromatic ring is 1. The van der Waals surface area contributed by atoms with E-state index in [2.05, 4.69) is 19.2 Å². The third-order valence-electron chi connectivity index (χ3n) is 3.47. The Balaban J connectivity index is 2.02. The van der Waals surface area contributed by atoms with E-state index in [0.29, 0.717) is 30.2 Å². The zero-order valence-electron chi connectivity index (χ0n) is 12.7. The number of fused-ring (bicyclic) bond motifs is 1. The molecule has 114 valence electrons. The Kier molecular flexibility index (Phi) is 4.53. The lowest BCUT2D eigenvalue weighted by Gasteiger charge is -2.24. The number of furan rings is 1. The molecule has 0 fully saturated rings. The van der Waals surface area contributed by atoms with Gasteiger partial charge in [0.15, 0.2) is 5.76 Å². The van der Waals surface area contributed by atoms with Crippen LogP contribution in [0.2, 0.25) is 0 Å². The Bertz CT molecular complexity index is 631. The van der Waals surface area contributed by atoms with E-state index in [1.807, 2.05) is 0 Å². The van der Waals surface area contributed by atoms with Gasteiger partial charge in [-0.15, -0.1) is 0 Å².